The fraction of sp³-hybridized carbons (Fsp3) is 0.176. The van der Waals surface area contributed by atoms with Crippen molar-refractivity contribution in [1.82, 2.24) is 0 Å². The molecular formula is C17H15Cl2NO5S. The zero-order chi connectivity index (χ0) is 19.3. The van der Waals surface area contributed by atoms with Crippen LogP contribution in [0.1, 0.15) is 17.3 Å². The molecule has 1 amide bonds. The highest BCUT2D eigenvalue weighted by Crippen LogP contribution is 2.29. The van der Waals surface area contributed by atoms with Crippen LogP contribution in [0, 0.1) is 0 Å². The summed E-state index contributed by atoms with van der Waals surface area (Å²) in [7, 11) is -3.61. The van der Waals surface area contributed by atoms with Gasteiger partial charge in [-0.15, -0.1) is 0 Å². The predicted molar refractivity (Wildman–Crippen MR) is 99.5 cm³/mol. The lowest BCUT2D eigenvalue weighted by Crippen LogP contribution is -2.22. The molecule has 2 aromatic carbocycles. The summed E-state index contributed by atoms with van der Waals surface area (Å²) in [5, 5.41) is 2.91. The number of carbonyl (C=O) groups excluding carboxylic acids is 2. The van der Waals surface area contributed by atoms with Gasteiger partial charge in [-0.05, 0) is 24.3 Å². The molecule has 0 fully saturated rings. The van der Waals surface area contributed by atoms with Crippen molar-refractivity contribution in [2.75, 3.05) is 17.7 Å². The molecule has 6 nitrogen and oxygen atoms in total. The van der Waals surface area contributed by atoms with Gasteiger partial charge in [0.2, 0.25) is 0 Å². The molecule has 2 rings (SSSR count). The van der Waals surface area contributed by atoms with Gasteiger partial charge < -0.3 is 10.1 Å². The molecule has 0 radical (unpaired) electrons. The minimum absolute atomic E-state index is 0.127. The van der Waals surface area contributed by atoms with Crippen LogP contribution in [0.2, 0.25) is 10.0 Å². The number of anilines is 1. The SMILES string of the molecule is CCS(=O)(=O)c1ccccc1C(=O)OCC(=O)Nc1c(Cl)cccc1Cl. The molecule has 1 N–H and O–H groups in total. The Bertz CT molecular complexity index is 924. The van der Waals surface area contributed by atoms with Crippen molar-refractivity contribution in [1.29, 1.82) is 0 Å². The van der Waals surface area contributed by atoms with E-state index in [1.54, 1.807) is 18.2 Å². The molecule has 0 saturated carbocycles. The van der Waals surface area contributed by atoms with E-state index in [9.17, 15) is 18.0 Å². The molecule has 0 aliphatic heterocycles. The van der Waals surface area contributed by atoms with Crippen LogP contribution in [-0.4, -0.2) is 32.7 Å². The molecule has 0 unspecified atom stereocenters. The molecular weight excluding hydrogens is 401 g/mol. The molecule has 0 aromatic heterocycles. The summed E-state index contributed by atoms with van der Waals surface area (Å²) >= 11 is 11.9. The van der Waals surface area contributed by atoms with Crippen LogP contribution in [-0.2, 0) is 19.4 Å². The summed E-state index contributed by atoms with van der Waals surface area (Å²) in [5.74, 6) is -1.75. The highest BCUT2D eigenvalue weighted by molar-refractivity contribution is 7.91. The van der Waals surface area contributed by atoms with Gasteiger partial charge in [-0.25, -0.2) is 13.2 Å². The van der Waals surface area contributed by atoms with Crippen molar-refractivity contribution in [3.8, 4) is 0 Å². The van der Waals surface area contributed by atoms with Crippen LogP contribution in [0.25, 0.3) is 0 Å². The lowest BCUT2D eigenvalue weighted by atomic mass is 10.2. The van der Waals surface area contributed by atoms with Gasteiger partial charge in [-0.3, -0.25) is 4.79 Å². The first-order chi connectivity index (χ1) is 12.3. The van der Waals surface area contributed by atoms with E-state index >= 15 is 0 Å². The van der Waals surface area contributed by atoms with E-state index in [2.05, 4.69) is 5.32 Å². The summed E-state index contributed by atoms with van der Waals surface area (Å²) in [5.41, 5.74) is 0.0729. The second kappa shape index (κ2) is 8.53. The van der Waals surface area contributed by atoms with E-state index in [4.69, 9.17) is 27.9 Å². The highest BCUT2D eigenvalue weighted by atomic mass is 35.5. The zero-order valence-electron chi connectivity index (χ0n) is 13.7. The van der Waals surface area contributed by atoms with E-state index in [0.717, 1.165) is 0 Å². The van der Waals surface area contributed by atoms with E-state index in [0.29, 0.717) is 0 Å². The Balaban J connectivity index is 2.09. The quantitative estimate of drug-likeness (QED) is 0.728. The number of rotatable bonds is 6. The number of carbonyl (C=O) groups is 2. The average molecular weight is 416 g/mol. The van der Waals surface area contributed by atoms with Gasteiger partial charge >= 0.3 is 5.97 Å². The standard InChI is InChI=1S/C17H15Cl2NO5S/c1-2-26(23,24)14-9-4-3-6-11(14)17(22)25-10-15(21)20-16-12(18)7-5-8-13(16)19/h3-9H,2,10H2,1H3,(H,20,21). The maximum Gasteiger partial charge on any atom is 0.339 e. The minimum Gasteiger partial charge on any atom is -0.452 e. The topological polar surface area (TPSA) is 89.5 Å². The van der Waals surface area contributed by atoms with E-state index in [-0.39, 0.29) is 31.9 Å². The fourth-order valence-electron chi connectivity index (χ4n) is 2.06. The maximum absolute atomic E-state index is 12.2. The number of benzene rings is 2. The van der Waals surface area contributed by atoms with Gasteiger partial charge in [0, 0.05) is 0 Å². The van der Waals surface area contributed by atoms with Crippen molar-refractivity contribution in [2.45, 2.75) is 11.8 Å². The molecule has 0 aliphatic rings. The molecule has 138 valence electrons. The third-order valence-electron chi connectivity index (χ3n) is 3.38. The fourth-order valence-corrected chi connectivity index (χ4v) is 3.64. The number of ether oxygens (including phenoxy) is 1. The maximum atomic E-state index is 12.2. The van der Waals surface area contributed by atoms with Crippen LogP contribution in [0.5, 0.6) is 0 Å². The number of sulfone groups is 1. The number of para-hydroxylation sites is 1. The van der Waals surface area contributed by atoms with Crippen molar-refractivity contribution in [2.24, 2.45) is 0 Å². The lowest BCUT2D eigenvalue weighted by Gasteiger charge is -2.11. The molecule has 0 heterocycles. The number of nitrogens with one attached hydrogen (secondary N) is 1. The number of hydrogen-bond acceptors (Lipinski definition) is 5. The second-order valence-electron chi connectivity index (χ2n) is 5.12. The summed E-state index contributed by atoms with van der Waals surface area (Å²) in [6.07, 6.45) is 0. The predicted octanol–water partition coefficient (Wildman–Crippen LogP) is 3.58. The van der Waals surface area contributed by atoms with Crippen molar-refractivity contribution < 1.29 is 22.7 Å². The van der Waals surface area contributed by atoms with Crippen LogP contribution in [0.3, 0.4) is 0 Å². The van der Waals surface area contributed by atoms with Crippen molar-refractivity contribution in [3.63, 3.8) is 0 Å². The minimum atomic E-state index is -3.61. The van der Waals surface area contributed by atoms with Gasteiger partial charge in [-0.1, -0.05) is 48.3 Å². The van der Waals surface area contributed by atoms with E-state index in [1.807, 2.05) is 0 Å². The van der Waals surface area contributed by atoms with Crippen LogP contribution >= 0.6 is 23.2 Å². The molecule has 0 bridgehead atoms. The van der Waals surface area contributed by atoms with Crippen LogP contribution in [0.4, 0.5) is 5.69 Å². The first kappa shape index (κ1) is 20.2. The number of esters is 1. The van der Waals surface area contributed by atoms with Crippen LogP contribution < -0.4 is 5.32 Å². The summed E-state index contributed by atoms with van der Waals surface area (Å²) in [6.45, 7) is 0.846. The Morgan fingerprint density at radius 1 is 1.04 bits per heavy atom. The van der Waals surface area contributed by atoms with Crippen molar-refractivity contribution in [3.05, 3.63) is 58.1 Å². The number of amides is 1. The monoisotopic (exact) mass is 415 g/mol. The van der Waals surface area contributed by atoms with Crippen molar-refractivity contribution >= 4 is 50.6 Å². The highest BCUT2D eigenvalue weighted by Gasteiger charge is 2.22. The molecule has 2 aromatic rings. The molecule has 26 heavy (non-hydrogen) atoms. The van der Waals surface area contributed by atoms with E-state index in [1.165, 1.54) is 31.2 Å². The Labute approximate surface area is 161 Å². The van der Waals surface area contributed by atoms with Gasteiger partial charge in [0.05, 0.1) is 31.9 Å². The third kappa shape index (κ3) is 4.75. The zero-order valence-corrected chi connectivity index (χ0v) is 16.0. The van der Waals surface area contributed by atoms with E-state index < -0.39 is 28.3 Å². The summed E-state index contributed by atoms with van der Waals surface area (Å²) < 4.78 is 29.0. The number of halogens is 2. The molecule has 0 aliphatic carbocycles. The Morgan fingerprint density at radius 3 is 2.27 bits per heavy atom. The van der Waals surface area contributed by atoms with Gasteiger partial charge in [0.25, 0.3) is 5.91 Å². The molecule has 0 saturated heterocycles. The molecule has 0 atom stereocenters. The normalized spacial score (nSPS) is 11.0. The first-order valence-corrected chi connectivity index (χ1v) is 9.90. The largest absolute Gasteiger partial charge is 0.452 e. The lowest BCUT2D eigenvalue weighted by molar-refractivity contribution is -0.119. The Kier molecular flexibility index (Phi) is 6.63. The molecule has 0 spiro atoms. The summed E-state index contributed by atoms with van der Waals surface area (Å²) in [6, 6.07) is 10.4. The van der Waals surface area contributed by atoms with Gasteiger partial charge in [0.15, 0.2) is 16.4 Å². The smallest absolute Gasteiger partial charge is 0.339 e. The second-order valence-corrected chi connectivity index (χ2v) is 8.18. The average Bonchev–Trinajstić information content (AvgIpc) is 2.63. The number of hydrogen-bond donors (Lipinski definition) is 1. The summed E-state index contributed by atoms with van der Waals surface area (Å²) in [4.78, 5) is 24.0. The Morgan fingerprint density at radius 2 is 1.65 bits per heavy atom. The van der Waals surface area contributed by atoms with Crippen LogP contribution in [0.15, 0.2) is 47.4 Å². The first-order valence-electron chi connectivity index (χ1n) is 7.49. The molecule has 9 heteroatoms. The van der Waals surface area contributed by atoms with Gasteiger partial charge in [0.1, 0.15) is 0 Å². The van der Waals surface area contributed by atoms with Gasteiger partial charge in [-0.2, -0.15) is 0 Å². The Hall–Kier alpha value is -2.09. The third-order valence-corrected chi connectivity index (χ3v) is 5.80.